The van der Waals surface area contributed by atoms with Gasteiger partial charge in [-0.2, -0.15) is 5.10 Å². The van der Waals surface area contributed by atoms with E-state index in [9.17, 15) is 5.11 Å². The minimum atomic E-state index is 0.283. The largest absolute Gasteiger partial charge is 0.506 e. The molecule has 4 aromatic rings. The molecule has 0 saturated carbocycles. The first-order chi connectivity index (χ1) is 12.3. The van der Waals surface area contributed by atoms with E-state index in [1.54, 1.807) is 6.21 Å². The second-order valence-corrected chi connectivity index (χ2v) is 6.62. The summed E-state index contributed by atoms with van der Waals surface area (Å²) in [5.41, 5.74) is 1.93. The Morgan fingerprint density at radius 2 is 1.32 bits per heavy atom. The maximum atomic E-state index is 10.4. The van der Waals surface area contributed by atoms with Crippen LogP contribution in [-0.2, 0) is 0 Å². The van der Waals surface area contributed by atoms with Gasteiger partial charge in [0, 0.05) is 10.1 Å². The zero-order valence-corrected chi connectivity index (χ0v) is 14.2. The molecule has 0 aliphatic carbocycles. The Hall–Kier alpha value is -3.11. The second-order valence-electron chi connectivity index (χ2n) is 5.54. The minimum Gasteiger partial charge on any atom is -0.506 e. The molecule has 4 heteroatoms. The highest BCUT2D eigenvalue weighted by Crippen LogP contribution is 2.35. The number of rotatable bonds is 4. The number of hydrazone groups is 1. The van der Waals surface area contributed by atoms with Crippen LogP contribution in [0, 0.1) is 0 Å². The normalized spacial score (nSPS) is 11.2. The quantitative estimate of drug-likeness (QED) is 0.376. The molecule has 0 radical (unpaired) electrons. The van der Waals surface area contributed by atoms with Gasteiger partial charge in [0.25, 0.3) is 0 Å². The van der Waals surface area contributed by atoms with Gasteiger partial charge in [-0.25, -0.2) is 5.01 Å². The Bertz CT molecular complexity index is 970. The first-order valence-electron chi connectivity index (χ1n) is 7.97. The average Bonchev–Trinajstić information content (AvgIpc) is 3.00. The summed E-state index contributed by atoms with van der Waals surface area (Å²) >= 11 is 1.53. The fourth-order valence-corrected chi connectivity index (χ4v) is 3.63. The van der Waals surface area contributed by atoms with E-state index in [1.165, 1.54) is 11.3 Å². The summed E-state index contributed by atoms with van der Waals surface area (Å²) < 4.78 is 1.05. The fourth-order valence-electron chi connectivity index (χ4n) is 2.67. The third kappa shape index (κ3) is 3.12. The molecule has 4 rings (SSSR count). The predicted molar refractivity (Wildman–Crippen MR) is 106 cm³/mol. The van der Waals surface area contributed by atoms with Crippen molar-refractivity contribution in [3.8, 4) is 5.75 Å². The van der Waals surface area contributed by atoms with E-state index in [0.29, 0.717) is 0 Å². The van der Waals surface area contributed by atoms with Crippen LogP contribution in [0.4, 0.5) is 11.4 Å². The standard InChI is InChI=1S/C21H16N2OS/c24-21-18-13-7-8-14-19(18)25-20(21)15-22-23(16-9-3-1-4-10-16)17-11-5-2-6-12-17/h1-15,24H/b22-15+. The van der Waals surface area contributed by atoms with Gasteiger partial charge in [0.1, 0.15) is 5.75 Å². The topological polar surface area (TPSA) is 35.8 Å². The molecule has 25 heavy (non-hydrogen) atoms. The molecule has 1 heterocycles. The predicted octanol–water partition coefficient (Wildman–Crippen LogP) is 5.78. The van der Waals surface area contributed by atoms with Gasteiger partial charge < -0.3 is 5.11 Å². The van der Waals surface area contributed by atoms with E-state index in [0.717, 1.165) is 26.3 Å². The molecule has 3 nitrogen and oxygen atoms in total. The molecule has 0 fully saturated rings. The van der Waals surface area contributed by atoms with Crippen molar-refractivity contribution < 1.29 is 5.11 Å². The highest BCUT2D eigenvalue weighted by Gasteiger charge is 2.11. The van der Waals surface area contributed by atoms with E-state index in [2.05, 4.69) is 5.10 Å². The first kappa shape index (κ1) is 15.4. The highest BCUT2D eigenvalue weighted by atomic mass is 32.1. The Morgan fingerprint density at radius 1 is 0.760 bits per heavy atom. The molecular weight excluding hydrogens is 328 g/mol. The molecule has 0 aliphatic rings. The second kappa shape index (κ2) is 6.79. The van der Waals surface area contributed by atoms with E-state index in [4.69, 9.17) is 0 Å². The van der Waals surface area contributed by atoms with Crippen molar-refractivity contribution in [2.24, 2.45) is 5.10 Å². The molecule has 0 amide bonds. The SMILES string of the molecule is Oc1c(/C=N/N(c2ccccc2)c2ccccc2)sc2ccccc12. The van der Waals surface area contributed by atoms with Gasteiger partial charge in [-0.3, -0.25) is 0 Å². The van der Waals surface area contributed by atoms with Crippen LogP contribution in [0.15, 0.2) is 90.0 Å². The summed E-state index contributed by atoms with van der Waals surface area (Å²) in [4.78, 5) is 0.748. The maximum Gasteiger partial charge on any atom is 0.143 e. The molecule has 0 spiro atoms. The van der Waals surface area contributed by atoms with Gasteiger partial charge in [-0.05, 0) is 36.4 Å². The monoisotopic (exact) mass is 344 g/mol. The van der Waals surface area contributed by atoms with Crippen LogP contribution in [0.25, 0.3) is 10.1 Å². The molecule has 0 saturated heterocycles. The molecule has 0 unspecified atom stereocenters. The van der Waals surface area contributed by atoms with Crippen molar-refractivity contribution in [1.82, 2.24) is 0 Å². The van der Waals surface area contributed by atoms with Crippen LogP contribution >= 0.6 is 11.3 Å². The van der Waals surface area contributed by atoms with Gasteiger partial charge in [0.15, 0.2) is 0 Å². The van der Waals surface area contributed by atoms with Gasteiger partial charge in [-0.15, -0.1) is 11.3 Å². The minimum absolute atomic E-state index is 0.283. The van der Waals surface area contributed by atoms with Crippen LogP contribution in [-0.4, -0.2) is 11.3 Å². The maximum absolute atomic E-state index is 10.4. The number of aromatic hydroxyl groups is 1. The van der Waals surface area contributed by atoms with E-state index in [1.807, 2.05) is 89.9 Å². The van der Waals surface area contributed by atoms with Gasteiger partial charge >= 0.3 is 0 Å². The summed E-state index contributed by atoms with van der Waals surface area (Å²) in [7, 11) is 0. The van der Waals surface area contributed by atoms with Crippen LogP contribution in [0.1, 0.15) is 4.88 Å². The summed E-state index contributed by atoms with van der Waals surface area (Å²) in [5, 5.41) is 17.8. The van der Waals surface area contributed by atoms with Crippen LogP contribution < -0.4 is 5.01 Å². The highest BCUT2D eigenvalue weighted by molar-refractivity contribution is 7.21. The molecule has 0 atom stereocenters. The Labute approximate surface area is 150 Å². The Morgan fingerprint density at radius 3 is 1.92 bits per heavy atom. The number of hydrogen-bond donors (Lipinski definition) is 1. The number of para-hydroxylation sites is 2. The first-order valence-corrected chi connectivity index (χ1v) is 8.79. The lowest BCUT2D eigenvalue weighted by atomic mass is 10.2. The summed E-state index contributed by atoms with van der Waals surface area (Å²) in [6.45, 7) is 0. The van der Waals surface area contributed by atoms with E-state index in [-0.39, 0.29) is 5.75 Å². The number of fused-ring (bicyclic) bond motifs is 1. The number of benzene rings is 3. The molecule has 122 valence electrons. The lowest BCUT2D eigenvalue weighted by Crippen LogP contribution is -2.08. The van der Waals surface area contributed by atoms with Crippen molar-refractivity contribution >= 4 is 39.0 Å². The van der Waals surface area contributed by atoms with Crippen molar-refractivity contribution in [2.45, 2.75) is 0 Å². The van der Waals surface area contributed by atoms with Crippen molar-refractivity contribution in [1.29, 1.82) is 0 Å². The van der Waals surface area contributed by atoms with Crippen molar-refractivity contribution in [2.75, 3.05) is 5.01 Å². The molecule has 0 bridgehead atoms. The Balaban J connectivity index is 1.75. The van der Waals surface area contributed by atoms with Gasteiger partial charge in [-0.1, -0.05) is 48.5 Å². The van der Waals surface area contributed by atoms with Gasteiger partial charge in [0.2, 0.25) is 0 Å². The zero-order chi connectivity index (χ0) is 17.1. The van der Waals surface area contributed by atoms with Crippen LogP contribution in [0.3, 0.4) is 0 Å². The van der Waals surface area contributed by atoms with Crippen LogP contribution in [0.2, 0.25) is 0 Å². The average molecular weight is 344 g/mol. The third-order valence-corrected chi connectivity index (χ3v) is 4.98. The zero-order valence-electron chi connectivity index (χ0n) is 13.4. The summed E-state index contributed by atoms with van der Waals surface area (Å²) in [6.07, 6.45) is 1.72. The lowest BCUT2D eigenvalue weighted by Gasteiger charge is -2.18. The van der Waals surface area contributed by atoms with E-state index >= 15 is 0 Å². The van der Waals surface area contributed by atoms with Crippen molar-refractivity contribution in [3.63, 3.8) is 0 Å². The molecule has 0 aliphatic heterocycles. The number of anilines is 2. The molecule has 1 aromatic heterocycles. The number of hydrogen-bond acceptors (Lipinski definition) is 4. The van der Waals surface area contributed by atoms with E-state index < -0.39 is 0 Å². The molecule has 3 aromatic carbocycles. The number of thiophene rings is 1. The number of nitrogens with zero attached hydrogens (tertiary/aromatic N) is 2. The van der Waals surface area contributed by atoms with Crippen LogP contribution in [0.5, 0.6) is 5.75 Å². The Kier molecular flexibility index (Phi) is 4.19. The lowest BCUT2D eigenvalue weighted by molar-refractivity contribution is 0.483. The third-order valence-electron chi connectivity index (χ3n) is 3.89. The smallest absolute Gasteiger partial charge is 0.143 e. The van der Waals surface area contributed by atoms with Crippen molar-refractivity contribution in [3.05, 3.63) is 89.8 Å². The summed E-state index contributed by atoms with van der Waals surface area (Å²) in [6, 6.07) is 27.8. The fraction of sp³-hybridized carbons (Fsp3) is 0. The summed E-state index contributed by atoms with van der Waals surface area (Å²) in [5.74, 6) is 0.283. The molecular formula is C21H16N2OS. The molecule has 1 N–H and O–H groups in total. The van der Waals surface area contributed by atoms with Gasteiger partial charge in [0.05, 0.1) is 22.5 Å².